The summed E-state index contributed by atoms with van der Waals surface area (Å²) in [4.78, 5) is 29.6. The van der Waals surface area contributed by atoms with E-state index < -0.39 is 11.5 Å². The SMILES string of the molecule is CC1CN(c2ccnc(C(=O)NC(C)(C)CCC(=O)O)c2)CC(C)O1. The van der Waals surface area contributed by atoms with Crippen LogP contribution in [0, 0.1) is 0 Å². The van der Waals surface area contributed by atoms with E-state index in [1.807, 2.05) is 33.8 Å². The highest BCUT2D eigenvalue weighted by molar-refractivity contribution is 5.93. The van der Waals surface area contributed by atoms with Gasteiger partial charge in [0.25, 0.3) is 5.91 Å². The quantitative estimate of drug-likeness (QED) is 0.817. The maximum absolute atomic E-state index is 12.5. The number of nitrogens with zero attached hydrogens (tertiary/aromatic N) is 2. The summed E-state index contributed by atoms with van der Waals surface area (Å²) >= 11 is 0. The van der Waals surface area contributed by atoms with Crippen molar-refractivity contribution < 1.29 is 19.4 Å². The molecule has 7 nitrogen and oxygen atoms in total. The smallest absolute Gasteiger partial charge is 0.303 e. The average molecular weight is 349 g/mol. The minimum Gasteiger partial charge on any atom is -0.481 e. The third-order valence-corrected chi connectivity index (χ3v) is 4.18. The van der Waals surface area contributed by atoms with Crippen LogP contribution in [-0.4, -0.2) is 52.8 Å². The number of amides is 1. The Morgan fingerprint density at radius 3 is 2.60 bits per heavy atom. The van der Waals surface area contributed by atoms with Crippen LogP contribution < -0.4 is 10.2 Å². The van der Waals surface area contributed by atoms with Crippen molar-refractivity contribution in [2.75, 3.05) is 18.0 Å². The lowest BCUT2D eigenvalue weighted by Crippen LogP contribution is -2.46. The molecular weight excluding hydrogens is 322 g/mol. The van der Waals surface area contributed by atoms with E-state index in [9.17, 15) is 9.59 Å². The van der Waals surface area contributed by atoms with Crippen molar-refractivity contribution in [3.05, 3.63) is 24.0 Å². The van der Waals surface area contributed by atoms with Gasteiger partial charge in [-0.25, -0.2) is 0 Å². The largest absolute Gasteiger partial charge is 0.481 e. The number of hydrogen-bond donors (Lipinski definition) is 2. The Hall–Kier alpha value is -2.15. The number of aliphatic carboxylic acids is 1. The van der Waals surface area contributed by atoms with Crippen LogP contribution >= 0.6 is 0 Å². The molecule has 1 aromatic rings. The Morgan fingerprint density at radius 1 is 1.36 bits per heavy atom. The number of pyridine rings is 1. The van der Waals surface area contributed by atoms with Crippen LogP contribution in [0.25, 0.3) is 0 Å². The second kappa shape index (κ2) is 7.82. The van der Waals surface area contributed by atoms with E-state index in [1.165, 1.54) is 0 Å². The molecule has 7 heteroatoms. The number of aromatic nitrogens is 1. The third-order valence-electron chi connectivity index (χ3n) is 4.18. The molecule has 1 aliphatic rings. The van der Waals surface area contributed by atoms with Gasteiger partial charge in [0.1, 0.15) is 5.69 Å². The first-order valence-corrected chi connectivity index (χ1v) is 8.57. The molecule has 0 saturated carbocycles. The lowest BCUT2D eigenvalue weighted by Gasteiger charge is -2.36. The van der Waals surface area contributed by atoms with E-state index in [4.69, 9.17) is 9.84 Å². The third kappa shape index (κ3) is 5.70. The fourth-order valence-electron chi connectivity index (χ4n) is 2.98. The second-order valence-corrected chi connectivity index (χ2v) is 7.29. The van der Waals surface area contributed by atoms with Crippen LogP contribution in [0.1, 0.15) is 51.0 Å². The van der Waals surface area contributed by atoms with Crippen molar-refractivity contribution in [2.24, 2.45) is 0 Å². The van der Waals surface area contributed by atoms with Gasteiger partial charge in [-0.2, -0.15) is 0 Å². The number of hydrogen-bond acceptors (Lipinski definition) is 5. The van der Waals surface area contributed by atoms with Crippen molar-refractivity contribution in [1.82, 2.24) is 10.3 Å². The molecule has 0 aliphatic carbocycles. The van der Waals surface area contributed by atoms with Crippen LogP contribution in [0.3, 0.4) is 0 Å². The molecule has 2 unspecified atom stereocenters. The number of rotatable bonds is 6. The Morgan fingerprint density at radius 2 is 2.00 bits per heavy atom. The van der Waals surface area contributed by atoms with E-state index in [0.717, 1.165) is 18.8 Å². The minimum absolute atomic E-state index is 0.00427. The molecule has 2 N–H and O–H groups in total. The summed E-state index contributed by atoms with van der Waals surface area (Å²) in [5.41, 5.74) is 0.646. The maximum Gasteiger partial charge on any atom is 0.303 e. The zero-order chi connectivity index (χ0) is 18.6. The van der Waals surface area contributed by atoms with Gasteiger partial charge in [-0.1, -0.05) is 0 Å². The van der Waals surface area contributed by atoms with Gasteiger partial charge in [-0.3, -0.25) is 14.6 Å². The molecular formula is C18H27N3O4. The zero-order valence-electron chi connectivity index (χ0n) is 15.3. The first-order valence-electron chi connectivity index (χ1n) is 8.57. The number of carboxylic acid groups (broad SMARTS) is 1. The van der Waals surface area contributed by atoms with Crippen LogP contribution in [0.15, 0.2) is 18.3 Å². The van der Waals surface area contributed by atoms with Crippen molar-refractivity contribution >= 4 is 17.6 Å². The first-order chi connectivity index (χ1) is 11.7. The van der Waals surface area contributed by atoms with Crippen LogP contribution in [0.5, 0.6) is 0 Å². The molecule has 1 amide bonds. The normalized spacial score (nSPS) is 21.0. The van der Waals surface area contributed by atoms with Crippen molar-refractivity contribution in [3.8, 4) is 0 Å². The van der Waals surface area contributed by atoms with Gasteiger partial charge in [-0.15, -0.1) is 0 Å². The van der Waals surface area contributed by atoms with Gasteiger partial charge in [0.05, 0.1) is 12.2 Å². The average Bonchev–Trinajstić information content (AvgIpc) is 2.52. The van der Waals surface area contributed by atoms with E-state index in [-0.39, 0.29) is 24.5 Å². The molecule has 0 aromatic carbocycles. The number of ether oxygens (including phenoxy) is 1. The number of anilines is 1. The fourth-order valence-corrected chi connectivity index (χ4v) is 2.98. The first kappa shape index (κ1) is 19.2. The van der Waals surface area contributed by atoms with Crippen molar-refractivity contribution in [1.29, 1.82) is 0 Å². The van der Waals surface area contributed by atoms with E-state index in [2.05, 4.69) is 15.2 Å². The summed E-state index contributed by atoms with van der Waals surface area (Å²) in [5.74, 6) is -1.18. The van der Waals surface area contributed by atoms with Crippen molar-refractivity contribution in [3.63, 3.8) is 0 Å². The number of carbonyl (C=O) groups is 2. The standard InChI is InChI=1S/C18H27N3O4/c1-12-10-21(11-13(2)25-12)14-6-8-19-15(9-14)17(24)20-18(3,4)7-5-16(22)23/h6,8-9,12-13H,5,7,10-11H2,1-4H3,(H,20,24)(H,22,23). The Kier molecular flexibility index (Phi) is 6.00. The number of carbonyl (C=O) groups excluding carboxylic acids is 1. The molecule has 2 rings (SSSR count). The lowest BCUT2D eigenvalue weighted by atomic mass is 9.98. The van der Waals surface area contributed by atoms with Gasteiger partial charge in [0.2, 0.25) is 0 Å². The summed E-state index contributed by atoms with van der Waals surface area (Å²) in [6.07, 6.45) is 2.24. The van der Waals surface area contributed by atoms with E-state index >= 15 is 0 Å². The monoisotopic (exact) mass is 349 g/mol. The number of morpholine rings is 1. The molecule has 0 bridgehead atoms. The highest BCUT2D eigenvalue weighted by Crippen LogP contribution is 2.21. The van der Waals surface area contributed by atoms with Gasteiger partial charge in [-0.05, 0) is 46.2 Å². The molecule has 138 valence electrons. The summed E-state index contributed by atoms with van der Waals surface area (Å²) < 4.78 is 5.74. The second-order valence-electron chi connectivity index (χ2n) is 7.29. The highest BCUT2D eigenvalue weighted by Gasteiger charge is 2.25. The molecule has 0 radical (unpaired) electrons. The van der Waals surface area contributed by atoms with Gasteiger partial charge in [0, 0.05) is 36.9 Å². The lowest BCUT2D eigenvalue weighted by molar-refractivity contribution is -0.137. The molecule has 2 atom stereocenters. The molecule has 1 aliphatic heterocycles. The molecule has 1 fully saturated rings. The molecule has 25 heavy (non-hydrogen) atoms. The molecule has 0 spiro atoms. The molecule has 1 saturated heterocycles. The van der Waals surface area contributed by atoms with Crippen LogP contribution in [0.4, 0.5) is 5.69 Å². The van der Waals surface area contributed by atoms with Crippen LogP contribution in [-0.2, 0) is 9.53 Å². The molecule has 2 heterocycles. The predicted octanol–water partition coefficient (Wildman–Crippen LogP) is 2.07. The fraction of sp³-hybridized carbons (Fsp3) is 0.611. The van der Waals surface area contributed by atoms with E-state index in [0.29, 0.717) is 12.1 Å². The summed E-state index contributed by atoms with van der Waals surface area (Å²) in [7, 11) is 0. The Balaban J connectivity index is 2.07. The summed E-state index contributed by atoms with van der Waals surface area (Å²) in [5, 5.41) is 11.7. The van der Waals surface area contributed by atoms with Gasteiger partial charge in [0.15, 0.2) is 0 Å². The van der Waals surface area contributed by atoms with E-state index in [1.54, 1.807) is 12.3 Å². The molecule has 1 aromatic heterocycles. The summed E-state index contributed by atoms with van der Waals surface area (Å²) in [6, 6.07) is 3.66. The van der Waals surface area contributed by atoms with Crippen molar-refractivity contribution in [2.45, 2.75) is 58.3 Å². The minimum atomic E-state index is -0.877. The highest BCUT2D eigenvalue weighted by atomic mass is 16.5. The summed E-state index contributed by atoms with van der Waals surface area (Å²) in [6.45, 7) is 9.20. The zero-order valence-corrected chi connectivity index (χ0v) is 15.3. The topological polar surface area (TPSA) is 91.8 Å². The van der Waals surface area contributed by atoms with Gasteiger partial charge < -0.3 is 20.1 Å². The number of nitrogens with one attached hydrogen (secondary N) is 1. The number of carboxylic acids is 1. The Labute approximate surface area is 148 Å². The maximum atomic E-state index is 12.5. The Bertz CT molecular complexity index is 623. The predicted molar refractivity (Wildman–Crippen MR) is 94.9 cm³/mol. The van der Waals surface area contributed by atoms with Gasteiger partial charge >= 0.3 is 5.97 Å². The van der Waals surface area contributed by atoms with Crippen LogP contribution in [0.2, 0.25) is 0 Å².